The Balaban J connectivity index is 3.05. The third-order valence-electron chi connectivity index (χ3n) is 1.96. The van der Waals surface area contributed by atoms with Gasteiger partial charge in [-0.05, 0) is 12.1 Å². The number of sulfonamides is 1. The molecule has 1 atom stereocenters. The highest BCUT2D eigenvalue weighted by molar-refractivity contribution is 7.89. The maximum atomic E-state index is 11.8. The van der Waals surface area contributed by atoms with Crippen LogP contribution in [-0.2, 0) is 14.8 Å². The number of carboxylic acid groups (broad SMARTS) is 1. The van der Waals surface area contributed by atoms with Crippen molar-refractivity contribution in [1.29, 1.82) is 0 Å². The number of carboxylic acids is 1. The van der Waals surface area contributed by atoms with Crippen LogP contribution in [-0.4, -0.2) is 32.1 Å². The van der Waals surface area contributed by atoms with Crippen molar-refractivity contribution >= 4 is 27.6 Å². The van der Waals surface area contributed by atoms with Crippen LogP contribution in [0, 0.1) is 0 Å². The molecule has 0 heterocycles. The number of carbonyl (C=O) groups is 1. The summed E-state index contributed by atoms with van der Waals surface area (Å²) in [5.74, 6) is -1.34. The minimum absolute atomic E-state index is 0.0150. The van der Waals surface area contributed by atoms with E-state index in [2.05, 4.69) is 0 Å². The van der Waals surface area contributed by atoms with Gasteiger partial charge in [-0.25, -0.2) is 8.42 Å². The molecule has 1 unspecified atom stereocenters. The van der Waals surface area contributed by atoms with Crippen LogP contribution in [0.1, 0.15) is 0 Å². The first-order chi connectivity index (χ1) is 7.88. The van der Waals surface area contributed by atoms with Gasteiger partial charge in [-0.1, -0.05) is 23.7 Å². The first-order valence-electron chi connectivity index (χ1n) is 4.58. The normalized spacial score (nSPS) is 13.3. The molecule has 4 N–H and O–H groups in total. The van der Waals surface area contributed by atoms with Crippen LogP contribution in [0.4, 0.5) is 0 Å². The lowest BCUT2D eigenvalue weighted by atomic mass is 10.3. The quantitative estimate of drug-likeness (QED) is 0.704. The molecule has 0 saturated carbocycles. The van der Waals surface area contributed by atoms with E-state index in [-0.39, 0.29) is 16.5 Å². The molecule has 1 aromatic carbocycles. The third-order valence-corrected chi connectivity index (χ3v) is 3.93. The molecule has 0 aliphatic heterocycles. The van der Waals surface area contributed by atoms with Crippen molar-refractivity contribution in [2.45, 2.75) is 10.9 Å². The van der Waals surface area contributed by atoms with Crippen molar-refractivity contribution in [3.63, 3.8) is 0 Å². The Labute approximate surface area is 103 Å². The number of hydrogen-bond acceptors (Lipinski definition) is 4. The van der Waals surface area contributed by atoms with E-state index in [4.69, 9.17) is 22.4 Å². The van der Waals surface area contributed by atoms with Crippen molar-refractivity contribution in [2.75, 3.05) is 6.54 Å². The summed E-state index contributed by atoms with van der Waals surface area (Å²) in [6, 6.07) is 4.35. The summed E-state index contributed by atoms with van der Waals surface area (Å²) >= 11 is 5.72. The van der Waals surface area contributed by atoms with E-state index in [1.165, 1.54) is 18.2 Å². The summed E-state index contributed by atoms with van der Waals surface area (Å²) in [6.07, 6.45) is 0. The van der Waals surface area contributed by atoms with Crippen LogP contribution in [0.5, 0.6) is 0 Å². The van der Waals surface area contributed by atoms with Crippen molar-refractivity contribution in [3.05, 3.63) is 29.3 Å². The molecule has 17 heavy (non-hydrogen) atoms. The smallest absolute Gasteiger partial charge is 0.323 e. The number of benzene rings is 1. The molecule has 0 aromatic heterocycles. The molecule has 0 amide bonds. The van der Waals surface area contributed by atoms with Gasteiger partial charge in [-0.2, -0.15) is 4.72 Å². The van der Waals surface area contributed by atoms with Gasteiger partial charge in [-0.15, -0.1) is 0 Å². The highest BCUT2D eigenvalue weighted by Crippen LogP contribution is 2.20. The standard InChI is InChI=1S/C9H11ClN2O4S/c10-6-3-1-2-4-8(6)17(15,16)12-7(5-11)9(13)14/h1-4,7,12H,5,11H2,(H,13,14). The predicted molar refractivity (Wildman–Crippen MR) is 62.3 cm³/mol. The first-order valence-corrected chi connectivity index (χ1v) is 6.44. The van der Waals surface area contributed by atoms with Gasteiger partial charge in [0.2, 0.25) is 10.0 Å². The Bertz CT molecular complexity index is 517. The lowest BCUT2D eigenvalue weighted by Gasteiger charge is -2.13. The highest BCUT2D eigenvalue weighted by atomic mass is 35.5. The zero-order valence-electron chi connectivity index (χ0n) is 8.63. The molecule has 8 heteroatoms. The van der Waals surface area contributed by atoms with Gasteiger partial charge in [0.15, 0.2) is 0 Å². The van der Waals surface area contributed by atoms with E-state index >= 15 is 0 Å². The van der Waals surface area contributed by atoms with Crippen LogP contribution >= 0.6 is 11.6 Å². The Morgan fingerprint density at radius 3 is 2.53 bits per heavy atom. The summed E-state index contributed by atoms with van der Waals surface area (Å²) in [7, 11) is -3.99. The number of nitrogens with one attached hydrogen (secondary N) is 1. The molecule has 0 spiro atoms. The van der Waals surface area contributed by atoms with Crippen LogP contribution in [0.15, 0.2) is 29.2 Å². The van der Waals surface area contributed by atoms with Gasteiger partial charge in [-0.3, -0.25) is 4.79 Å². The maximum Gasteiger partial charge on any atom is 0.323 e. The second-order valence-electron chi connectivity index (χ2n) is 3.18. The largest absolute Gasteiger partial charge is 0.480 e. The summed E-state index contributed by atoms with van der Waals surface area (Å²) < 4.78 is 25.6. The molecule has 0 saturated heterocycles. The van der Waals surface area contributed by atoms with E-state index in [1.54, 1.807) is 6.07 Å². The van der Waals surface area contributed by atoms with Crippen molar-refractivity contribution in [3.8, 4) is 0 Å². The molecule has 0 aliphatic carbocycles. The molecular weight excluding hydrogens is 268 g/mol. The summed E-state index contributed by atoms with van der Waals surface area (Å²) in [6.45, 7) is -0.348. The Morgan fingerprint density at radius 1 is 1.47 bits per heavy atom. The Kier molecular flexibility index (Phi) is 4.47. The molecule has 0 fully saturated rings. The van der Waals surface area contributed by atoms with Crippen molar-refractivity contribution in [2.24, 2.45) is 5.73 Å². The Morgan fingerprint density at radius 2 is 2.06 bits per heavy atom. The average molecular weight is 279 g/mol. The zero-order chi connectivity index (χ0) is 13.1. The van der Waals surface area contributed by atoms with E-state index in [0.717, 1.165) is 0 Å². The molecule has 0 bridgehead atoms. The number of halogens is 1. The van der Waals surface area contributed by atoms with Gasteiger partial charge in [0.05, 0.1) is 5.02 Å². The summed E-state index contributed by atoms with van der Waals surface area (Å²) in [4.78, 5) is 10.5. The number of nitrogens with two attached hydrogens (primary N) is 1. The number of aliphatic carboxylic acids is 1. The lowest BCUT2D eigenvalue weighted by molar-refractivity contribution is -0.138. The van der Waals surface area contributed by atoms with Gasteiger partial charge in [0.1, 0.15) is 10.9 Å². The first kappa shape index (κ1) is 13.9. The molecule has 6 nitrogen and oxygen atoms in total. The van der Waals surface area contributed by atoms with Gasteiger partial charge >= 0.3 is 5.97 Å². The molecular formula is C9H11ClN2O4S. The predicted octanol–water partition coefficient (Wildman–Crippen LogP) is 0.0302. The van der Waals surface area contributed by atoms with E-state index in [0.29, 0.717) is 0 Å². The second-order valence-corrected chi connectivity index (χ2v) is 5.27. The monoisotopic (exact) mass is 278 g/mol. The third kappa shape index (κ3) is 3.40. The molecule has 0 radical (unpaired) electrons. The SMILES string of the molecule is NCC(NS(=O)(=O)c1ccccc1Cl)C(=O)O. The van der Waals surface area contributed by atoms with Gasteiger partial charge < -0.3 is 10.8 Å². The van der Waals surface area contributed by atoms with Crippen LogP contribution in [0.25, 0.3) is 0 Å². The fourth-order valence-corrected chi connectivity index (χ4v) is 2.83. The average Bonchev–Trinajstić information content (AvgIpc) is 2.26. The minimum atomic E-state index is -3.99. The fraction of sp³-hybridized carbons (Fsp3) is 0.222. The van der Waals surface area contributed by atoms with Crippen LogP contribution in [0.3, 0.4) is 0 Å². The van der Waals surface area contributed by atoms with Gasteiger partial charge in [0.25, 0.3) is 0 Å². The molecule has 0 aliphatic rings. The molecule has 94 valence electrons. The lowest BCUT2D eigenvalue weighted by Crippen LogP contribution is -2.45. The van der Waals surface area contributed by atoms with E-state index < -0.39 is 22.0 Å². The molecule has 1 rings (SSSR count). The highest BCUT2D eigenvalue weighted by Gasteiger charge is 2.25. The van der Waals surface area contributed by atoms with E-state index in [9.17, 15) is 13.2 Å². The van der Waals surface area contributed by atoms with Crippen molar-refractivity contribution in [1.82, 2.24) is 4.72 Å². The minimum Gasteiger partial charge on any atom is -0.480 e. The van der Waals surface area contributed by atoms with Crippen LogP contribution in [0.2, 0.25) is 5.02 Å². The number of hydrogen-bond donors (Lipinski definition) is 3. The Hall–Kier alpha value is -1.15. The zero-order valence-corrected chi connectivity index (χ0v) is 10.2. The maximum absolute atomic E-state index is 11.8. The van der Waals surface area contributed by atoms with Gasteiger partial charge in [0, 0.05) is 6.54 Å². The topological polar surface area (TPSA) is 109 Å². The van der Waals surface area contributed by atoms with E-state index in [1.807, 2.05) is 4.72 Å². The van der Waals surface area contributed by atoms with Crippen molar-refractivity contribution < 1.29 is 18.3 Å². The van der Waals surface area contributed by atoms with Crippen LogP contribution < -0.4 is 10.5 Å². The number of rotatable bonds is 5. The molecule has 1 aromatic rings. The fourth-order valence-electron chi connectivity index (χ4n) is 1.11. The summed E-state index contributed by atoms with van der Waals surface area (Å²) in [5.41, 5.74) is 5.16. The summed E-state index contributed by atoms with van der Waals surface area (Å²) in [5, 5.41) is 8.73. The second kappa shape index (κ2) is 5.46.